The van der Waals surface area contributed by atoms with Crippen LogP contribution < -0.4 is 19.7 Å². The van der Waals surface area contributed by atoms with Gasteiger partial charge in [0.05, 0.1) is 16.4 Å². The summed E-state index contributed by atoms with van der Waals surface area (Å²) >= 11 is 6.25. The molecule has 0 saturated heterocycles. The standard InChI is InChI=1S/C19H22ClN3O3/c1-22(2)18-14(20)5-4-6-15(18)21-19(24)23(3)12-13-7-8-16-17(11-13)26-10-9-25-16/h4-8,11H,9-10,12H2,1-3H3,(H,21,24). The van der Waals surface area contributed by atoms with E-state index in [0.29, 0.717) is 36.2 Å². The van der Waals surface area contributed by atoms with Crippen molar-refractivity contribution in [3.05, 3.63) is 47.0 Å². The number of urea groups is 1. The number of amides is 2. The first-order valence-corrected chi connectivity index (χ1v) is 8.70. The molecule has 0 radical (unpaired) electrons. The molecule has 0 saturated carbocycles. The normalized spacial score (nSPS) is 12.5. The molecule has 0 aliphatic carbocycles. The Morgan fingerprint density at radius 1 is 1.12 bits per heavy atom. The van der Waals surface area contributed by atoms with Gasteiger partial charge in [-0.1, -0.05) is 23.7 Å². The van der Waals surface area contributed by atoms with Crippen LogP contribution in [-0.2, 0) is 6.54 Å². The van der Waals surface area contributed by atoms with Crippen LogP contribution in [0.25, 0.3) is 0 Å². The van der Waals surface area contributed by atoms with Crippen molar-refractivity contribution in [1.82, 2.24) is 4.90 Å². The summed E-state index contributed by atoms with van der Waals surface area (Å²) in [5.41, 5.74) is 2.41. The molecule has 0 fully saturated rings. The van der Waals surface area contributed by atoms with Gasteiger partial charge in [-0.15, -0.1) is 0 Å². The van der Waals surface area contributed by atoms with Crippen molar-refractivity contribution in [3.8, 4) is 11.5 Å². The van der Waals surface area contributed by atoms with Crippen molar-refractivity contribution in [3.63, 3.8) is 0 Å². The van der Waals surface area contributed by atoms with Gasteiger partial charge in [0.1, 0.15) is 13.2 Å². The Balaban J connectivity index is 1.70. The van der Waals surface area contributed by atoms with E-state index in [1.54, 1.807) is 18.0 Å². The Bertz CT molecular complexity index is 811. The largest absolute Gasteiger partial charge is 0.486 e. The van der Waals surface area contributed by atoms with E-state index in [9.17, 15) is 4.79 Å². The number of nitrogens with zero attached hydrogens (tertiary/aromatic N) is 2. The van der Waals surface area contributed by atoms with Crippen LogP contribution in [0.2, 0.25) is 5.02 Å². The molecule has 2 aromatic rings. The summed E-state index contributed by atoms with van der Waals surface area (Å²) in [5, 5.41) is 3.51. The summed E-state index contributed by atoms with van der Waals surface area (Å²) in [7, 11) is 5.51. The van der Waals surface area contributed by atoms with E-state index in [2.05, 4.69) is 5.32 Å². The molecule has 0 bridgehead atoms. The highest BCUT2D eigenvalue weighted by atomic mass is 35.5. The Morgan fingerprint density at radius 2 is 1.85 bits per heavy atom. The SMILES string of the molecule is CN(Cc1ccc2c(c1)OCCO2)C(=O)Nc1cccc(Cl)c1N(C)C. The quantitative estimate of drug-likeness (QED) is 0.882. The fraction of sp³-hybridized carbons (Fsp3) is 0.316. The lowest BCUT2D eigenvalue weighted by molar-refractivity contribution is 0.171. The molecule has 3 rings (SSSR count). The molecular weight excluding hydrogens is 354 g/mol. The molecule has 2 aromatic carbocycles. The molecule has 138 valence electrons. The van der Waals surface area contributed by atoms with Gasteiger partial charge in [0.15, 0.2) is 11.5 Å². The van der Waals surface area contributed by atoms with Crippen molar-refractivity contribution >= 4 is 29.0 Å². The number of nitrogens with one attached hydrogen (secondary N) is 1. The number of benzene rings is 2. The molecule has 6 nitrogen and oxygen atoms in total. The Labute approximate surface area is 158 Å². The van der Waals surface area contributed by atoms with Gasteiger partial charge in [-0.25, -0.2) is 4.79 Å². The third-order valence-corrected chi connectivity index (χ3v) is 4.35. The second-order valence-corrected chi connectivity index (χ2v) is 6.70. The minimum absolute atomic E-state index is 0.217. The summed E-state index contributed by atoms with van der Waals surface area (Å²) in [6.07, 6.45) is 0. The molecule has 7 heteroatoms. The third kappa shape index (κ3) is 3.96. The lowest BCUT2D eigenvalue weighted by Crippen LogP contribution is -2.31. The number of carbonyl (C=O) groups excluding carboxylic acids is 1. The fourth-order valence-electron chi connectivity index (χ4n) is 2.81. The minimum atomic E-state index is -0.217. The van der Waals surface area contributed by atoms with E-state index in [1.165, 1.54) is 0 Å². The van der Waals surface area contributed by atoms with E-state index in [4.69, 9.17) is 21.1 Å². The van der Waals surface area contributed by atoms with Crippen molar-refractivity contribution < 1.29 is 14.3 Å². The van der Waals surface area contributed by atoms with E-state index in [1.807, 2.05) is 49.3 Å². The average Bonchev–Trinajstić information content (AvgIpc) is 2.61. The number of hydrogen-bond donors (Lipinski definition) is 1. The van der Waals surface area contributed by atoms with Crippen molar-refractivity contribution in [1.29, 1.82) is 0 Å². The molecular formula is C19H22ClN3O3. The summed E-state index contributed by atoms with van der Waals surface area (Å²) in [6, 6.07) is 10.9. The predicted molar refractivity (Wildman–Crippen MR) is 104 cm³/mol. The highest BCUT2D eigenvalue weighted by molar-refractivity contribution is 6.34. The van der Waals surface area contributed by atoms with Crippen LogP contribution in [0.15, 0.2) is 36.4 Å². The predicted octanol–water partition coefficient (Wildman–Crippen LogP) is 3.84. The maximum Gasteiger partial charge on any atom is 0.321 e. The Morgan fingerprint density at radius 3 is 2.58 bits per heavy atom. The van der Waals surface area contributed by atoms with Gasteiger partial charge < -0.3 is 24.6 Å². The number of hydrogen-bond acceptors (Lipinski definition) is 4. The number of fused-ring (bicyclic) bond motifs is 1. The molecule has 1 aliphatic heterocycles. The van der Waals surface area contributed by atoms with Gasteiger partial charge in [-0.2, -0.15) is 0 Å². The molecule has 0 spiro atoms. The summed E-state index contributed by atoms with van der Waals surface area (Å²) in [6.45, 7) is 1.54. The lowest BCUT2D eigenvalue weighted by atomic mass is 10.2. The average molecular weight is 376 g/mol. The molecule has 1 aliphatic rings. The molecule has 0 atom stereocenters. The Hall–Kier alpha value is -2.60. The van der Waals surface area contributed by atoms with Gasteiger partial charge in [0.2, 0.25) is 0 Å². The molecule has 1 N–H and O–H groups in total. The number of carbonyl (C=O) groups is 1. The molecule has 0 aromatic heterocycles. The van der Waals surface area contributed by atoms with E-state index < -0.39 is 0 Å². The monoisotopic (exact) mass is 375 g/mol. The Kier molecular flexibility index (Phi) is 5.42. The molecule has 26 heavy (non-hydrogen) atoms. The zero-order chi connectivity index (χ0) is 18.7. The second kappa shape index (κ2) is 7.74. The van der Waals surface area contributed by atoms with E-state index in [0.717, 1.165) is 17.0 Å². The minimum Gasteiger partial charge on any atom is -0.486 e. The van der Waals surface area contributed by atoms with Crippen LogP contribution in [0.1, 0.15) is 5.56 Å². The zero-order valence-electron chi connectivity index (χ0n) is 15.1. The van der Waals surface area contributed by atoms with E-state index in [-0.39, 0.29) is 6.03 Å². The van der Waals surface area contributed by atoms with Gasteiger partial charge in [-0.3, -0.25) is 0 Å². The van der Waals surface area contributed by atoms with Crippen molar-refractivity contribution in [2.75, 3.05) is 44.6 Å². The lowest BCUT2D eigenvalue weighted by Gasteiger charge is -2.23. The van der Waals surface area contributed by atoms with Crippen LogP contribution in [0.3, 0.4) is 0 Å². The highest BCUT2D eigenvalue weighted by Crippen LogP contribution is 2.33. The number of anilines is 2. The smallest absolute Gasteiger partial charge is 0.321 e. The second-order valence-electron chi connectivity index (χ2n) is 6.29. The van der Waals surface area contributed by atoms with E-state index >= 15 is 0 Å². The summed E-state index contributed by atoms with van der Waals surface area (Å²) < 4.78 is 11.1. The van der Waals surface area contributed by atoms with Gasteiger partial charge in [0.25, 0.3) is 0 Å². The summed E-state index contributed by atoms with van der Waals surface area (Å²) in [4.78, 5) is 16.1. The van der Waals surface area contributed by atoms with Crippen LogP contribution in [-0.4, -0.2) is 45.3 Å². The molecule has 2 amide bonds. The molecule has 0 unspecified atom stereocenters. The molecule has 1 heterocycles. The zero-order valence-corrected chi connectivity index (χ0v) is 15.8. The van der Waals surface area contributed by atoms with Crippen LogP contribution in [0.4, 0.5) is 16.2 Å². The summed E-state index contributed by atoms with van der Waals surface area (Å²) in [5.74, 6) is 1.45. The maximum atomic E-state index is 12.6. The van der Waals surface area contributed by atoms with Crippen molar-refractivity contribution in [2.24, 2.45) is 0 Å². The highest BCUT2D eigenvalue weighted by Gasteiger charge is 2.16. The van der Waals surface area contributed by atoms with Crippen LogP contribution in [0, 0.1) is 0 Å². The first kappa shape index (κ1) is 18.2. The third-order valence-electron chi connectivity index (χ3n) is 4.05. The topological polar surface area (TPSA) is 54.0 Å². The van der Waals surface area contributed by atoms with Gasteiger partial charge in [-0.05, 0) is 29.8 Å². The van der Waals surface area contributed by atoms with Crippen molar-refractivity contribution in [2.45, 2.75) is 6.54 Å². The number of rotatable bonds is 4. The van der Waals surface area contributed by atoms with Gasteiger partial charge in [0, 0.05) is 27.7 Å². The first-order chi connectivity index (χ1) is 12.5. The van der Waals surface area contributed by atoms with Crippen LogP contribution in [0.5, 0.6) is 11.5 Å². The first-order valence-electron chi connectivity index (χ1n) is 8.32. The number of para-hydroxylation sites is 1. The number of halogens is 1. The van der Waals surface area contributed by atoms with Crippen LogP contribution >= 0.6 is 11.6 Å². The number of ether oxygens (including phenoxy) is 2. The van der Waals surface area contributed by atoms with Gasteiger partial charge >= 0.3 is 6.03 Å². The maximum absolute atomic E-state index is 12.6. The fourth-order valence-corrected chi connectivity index (χ4v) is 3.16.